The van der Waals surface area contributed by atoms with Gasteiger partial charge in [-0.1, -0.05) is 228 Å². The molecule has 398 valence electrons. The molecule has 0 aliphatic rings. The molecular weight excluding hydrogens is 863 g/mol. The Kier molecular flexibility index (Phi) is 48.7. The third kappa shape index (κ3) is 52.4. The Bertz CT molecular complexity index is 1360. The van der Waals surface area contributed by atoms with E-state index < -0.39 is 24.3 Å². The van der Waals surface area contributed by atoms with Crippen LogP contribution >= 0.6 is 0 Å². The summed E-state index contributed by atoms with van der Waals surface area (Å²) in [5.41, 5.74) is 0. The maximum absolute atomic E-state index is 12.7. The van der Waals surface area contributed by atoms with Crippen LogP contribution in [-0.2, 0) is 33.3 Å². The van der Waals surface area contributed by atoms with E-state index in [0.29, 0.717) is 17.4 Å². The van der Waals surface area contributed by atoms with Crippen molar-refractivity contribution < 1.29 is 42.9 Å². The molecule has 9 heteroatoms. The van der Waals surface area contributed by atoms with Crippen molar-refractivity contribution in [3.63, 3.8) is 0 Å². The van der Waals surface area contributed by atoms with Gasteiger partial charge in [0.15, 0.2) is 6.10 Å². The van der Waals surface area contributed by atoms with Gasteiger partial charge in [-0.25, -0.2) is 4.79 Å². The summed E-state index contributed by atoms with van der Waals surface area (Å²) in [6, 6.07) is 0. The van der Waals surface area contributed by atoms with Crippen molar-refractivity contribution in [3.05, 3.63) is 72.9 Å². The highest BCUT2D eigenvalue weighted by Crippen LogP contribution is 2.16. The maximum Gasteiger partial charge on any atom is 0.361 e. The monoisotopic (exact) mass is 969 g/mol. The predicted molar refractivity (Wildman–Crippen MR) is 290 cm³/mol. The molecule has 0 heterocycles. The summed E-state index contributed by atoms with van der Waals surface area (Å²) in [7, 11) is 5.93. The Hall–Kier alpha value is -3.27. The SMILES string of the molecule is CC/C=C\C/C=C\C/C=C\C/C=C\C/C=C\CC(=O)OC(COC(=O)CCCCCCCCCCCCCCCCCCC/C=C\CCCCCCCCCC)COC(OCC[N+](C)(C)C)C(=O)O. The number of ether oxygens (including phenoxy) is 4. The standard InChI is InChI=1S/C60H105NO8/c1-6-8-10-12-14-16-18-20-22-23-24-25-26-27-28-29-30-31-32-33-34-35-37-38-40-42-44-46-48-50-57(62)67-54-56(55-68-60(59(64)65)66-53-52-61(3,4)5)69-58(63)51-49-47-45-43-41-39-36-21-19-17-15-13-11-9-7-2/h9,11,15,17,21,23-24,36,41,43,47,49,56,60H,6-8,10,12-14,16,18-20,22,25-35,37-40,42,44-46,48,50-55H2,1-5H3/p+1/b11-9-,17-15-,24-23-,36-21-,43-41-,49-47-. The zero-order valence-corrected chi connectivity index (χ0v) is 45.2. The van der Waals surface area contributed by atoms with Crippen LogP contribution in [0.5, 0.6) is 0 Å². The highest BCUT2D eigenvalue weighted by molar-refractivity contribution is 5.72. The number of allylic oxidation sites excluding steroid dienone is 11. The Labute approximate surface area is 424 Å². The second-order valence-corrected chi connectivity index (χ2v) is 19.9. The number of hydrogen-bond acceptors (Lipinski definition) is 7. The molecule has 0 amide bonds. The first kappa shape index (κ1) is 65.7. The van der Waals surface area contributed by atoms with Crippen LogP contribution in [0.4, 0.5) is 0 Å². The summed E-state index contributed by atoms with van der Waals surface area (Å²) in [6.45, 7) is 4.66. The van der Waals surface area contributed by atoms with E-state index >= 15 is 0 Å². The normalized spacial score (nSPS) is 13.3. The Balaban J connectivity index is 4.21. The quantitative estimate of drug-likeness (QED) is 0.0211. The lowest BCUT2D eigenvalue weighted by molar-refractivity contribution is -0.870. The number of hydrogen-bond donors (Lipinski definition) is 1. The third-order valence-electron chi connectivity index (χ3n) is 12.0. The Morgan fingerprint density at radius 2 is 0.870 bits per heavy atom. The van der Waals surface area contributed by atoms with Gasteiger partial charge >= 0.3 is 17.9 Å². The number of carbonyl (C=O) groups is 3. The fourth-order valence-electron chi connectivity index (χ4n) is 7.67. The third-order valence-corrected chi connectivity index (χ3v) is 12.0. The van der Waals surface area contributed by atoms with Gasteiger partial charge in [0, 0.05) is 6.42 Å². The first-order valence-electron chi connectivity index (χ1n) is 28.1. The van der Waals surface area contributed by atoms with Crippen molar-refractivity contribution in [1.82, 2.24) is 0 Å². The summed E-state index contributed by atoms with van der Waals surface area (Å²) in [5, 5.41) is 9.67. The molecule has 0 saturated carbocycles. The molecule has 0 aromatic rings. The van der Waals surface area contributed by atoms with Crippen LogP contribution in [0.2, 0.25) is 0 Å². The number of esters is 2. The first-order chi connectivity index (χ1) is 33.6. The number of nitrogens with zero attached hydrogens (tertiary/aromatic N) is 1. The molecule has 0 saturated heterocycles. The van der Waals surface area contributed by atoms with E-state index in [1.54, 1.807) is 6.08 Å². The highest BCUT2D eigenvalue weighted by atomic mass is 16.7. The molecule has 0 fully saturated rings. The summed E-state index contributed by atoms with van der Waals surface area (Å²) in [6.07, 6.45) is 63.2. The van der Waals surface area contributed by atoms with Gasteiger partial charge in [-0.3, -0.25) is 9.59 Å². The van der Waals surface area contributed by atoms with Crippen LogP contribution in [0.15, 0.2) is 72.9 Å². The van der Waals surface area contributed by atoms with E-state index in [1.165, 1.54) is 154 Å². The number of unbranched alkanes of at least 4 members (excludes halogenated alkanes) is 25. The van der Waals surface area contributed by atoms with Crippen LogP contribution in [0.1, 0.15) is 232 Å². The van der Waals surface area contributed by atoms with Crippen LogP contribution < -0.4 is 0 Å². The number of quaternary nitrogens is 1. The minimum atomic E-state index is -1.54. The molecule has 2 atom stereocenters. The molecule has 0 aromatic heterocycles. The zero-order chi connectivity index (χ0) is 50.6. The summed E-state index contributed by atoms with van der Waals surface area (Å²) < 4.78 is 22.7. The van der Waals surface area contributed by atoms with Gasteiger partial charge in [0.1, 0.15) is 13.2 Å². The molecule has 0 radical (unpaired) electrons. The lowest BCUT2D eigenvalue weighted by atomic mass is 10.0. The van der Waals surface area contributed by atoms with Crippen molar-refractivity contribution >= 4 is 17.9 Å². The number of carboxylic acid groups (broad SMARTS) is 1. The summed E-state index contributed by atoms with van der Waals surface area (Å²) >= 11 is 0. The van der Waals surface area contributed by atoms with Crippen LogP contribution in [0.3, 0.4) is 0 Å². The van der Waals surface area contributed by atoms with E-state index in [0.717, 1.165) is 44.9 Å². The topological polar surface area (TPSA) is 108 Å². The summed E-state index contributed by atoms with van der Waals surface area (Å²) in [5.74, 6) is -2.17. The van der Waals surface area contributed by atoms with Gasteiger partial charge < -0.3 is 28.5 Å². The minimum absolute atomic E-state index is 0.0264. The van der Waals surface area contributed by atoms with Gasteiger partial charge in [-0.05, 0) is 64.2 Å². The Morgan fingerprint density at radius 1 is 0.464 bits per heavy atom. The van der Waals surface area contributed by atoms with E-state index in [4.69, 9.17) is 18.9 Å². The Morgan fingerprint density at radius 3 is 1.29 bits per heavy atom. The first-order valence-corrected chi connectivity index (χ1v) is 28.1. The molecule has 0 rings (SSSR count). The second kappa shape index (κ2) is 51.1. The fourth-order valence-corrected chi connectivity index (χ4v) is 7.67. The number of carbonyl (C=O) groups excluding carboxylic acids is 2. The van der Waals surface area contributed by atoms with Crippen molar-refractivity contribution in [3.8, 4) is 0 Å². The predicted octanol–water partition coefficient (Wildman–Crippen LogP) is 16.2. The summed E-state index contributed by atoms with van der Waals surface area (Å²) in [4.78, 5) is 37.2. The molecule has 2 unspecified atom stereocenters. The molecule has 1 N–H and O–H groups in total. The largest absolute Gasteiger partial charge is 0.477 e. The van der Waals surface area contributed by atoms with Crippen molar-refractivity contribution in [2.24, 2.45) is 0 Å². The van der Waals surface area contributed by atoms with Crippen LogP contribution in [0.25, 0.3) is 0 Å². The number of carboxylic acids is 1. The number of aliphatic carboxylic acids is 1. The molecule has 0 aliphatic heterocycles. The highest BCUT2D eigenvalue weighted by Gasteiger charge is 2.25. The molecule has 0 aromatic carbocycles. The van der Waals surface area contributed by atoms with Crippen molar-refractivity contribution in [1.29, 1.82) is 0 Å². The number of likely N-dealkylation sites (N-methyl/N-ethyl adjacent to an activating group) is 1. The van der Waals surface area contributed by atoms with E-state index in [-0.39, 0.29) is 38.6 Å². The van der Waals surface area contributed by atoms with Gasteiger partial charge in [0.2, 0.25) is 0 Å². The average molecular weight is 970 g/mol. The van der Waals surface area contributed by atoms with Crippen LogP contribution in [-0.4, -0.2) is 87.4 Å². The van der Waals surface area contributed by atoms with E-state index in [1.807, 2.05) is 33.3 Å². The van der Waals surface area contributed by atoms with Gasteiger partial charge in [0.25, 0.3) is 6.29 Å². The number of rotatable bonds is 51. The lowest BCUT2D eigenvalue weighted by Crippen LogP contribution is -2.40. The van der Waals surface area contributed by atoms with Gasteiger partial charge in [-0.15, -0.1) is 0 Å². The van der Waals surface area contributed by atoms with Gasteiger partial charge in [-0.2, -0.15) is 0 Å². The fraction of sp³-hybridized carbons (Fsp3) is 0.750. The minimum Gasteiger partial charge on any atom is -0.477 e. The van der Waals surface area contributed by atoms with Gasteiger partial charge in [0.05, 0.1) is 40.8 Å². The van der Waals surface area contributed by atoms with Crippen molar-refractivity contribution in [2.75, 3.05) is 47.5 Å². The van der Waals surface area contributed by atoms with Crippen molar-refractivity contribution in [2.45, 2.75) is 245 Å². The molecule has 0 bridgehead atoms. The van der Waals surface area contributed by atoms with E-state index in [2.05, 4.69) is 68.5 Å². The smallest absolute Gasteiger partial charge is 0.361 e. The van der Waals surface area contributed by atoms with E-state index in [9.17, 15) is 19.5 Å². The average Bonchev–Trinajstić information content (AvgIpc) is 3.31. The molecule has 69 heavy (non-hydrogen) atoms. The molecule has 0 aliphatic carbocycles. The lowest BCUT2D eigenvalue weighted by Gasteiger charge is -2.25. The molecular formula is C60H106NO8+. The maximum atomic E-state index is 12.7. The molecule has 0 spiro atoms. The molecule has 9 nitrogen and oxygen atoms in total. The van der Waals surface area contributed by atoms with Crippen LogP contribution in [0, 0.1) is 0 Å². The zero-order valence-electron chi connectivity index (χ0n) is 45.2. The second-order valence-electron chi connectivity index (χ2n) is 19.9.